The minimum Gasteiger partial charge on any atom is -0.381 e. The van der Waals surface area contributed by atoms with Crippen molar-refractivity contribution in [2.45, 2.75) is 19.4 Å². The highest BCUT2D eigenvalue weighted by Gasteiger charge is 2.16. The average Bonchev–Trinajstić information content (AvgIpc) is 2.77. The molecule has 0 unspecified atom stereocenters. The van der Waals surface area contributed by atoms with Crippen LogP contribution in [-0.4, -0.2) is 60.0 Å². The van der Waals surface area contributed by atoms with E-state index in [1.54, 1.807) is 24.3 Å². The number of benzene rings is 1. The molecule has 8 nitrogen and oxygen atoms in total. The largest absolute Gasteiger partial charge is 0.381 e. The van der Waals surface area contributed by atoms with Crippen LogP contribution in [-0.2, 0) is 16.1 Å². The second-order valence-electron chi connectivity index (χ2n) is 7.22. The van der Waals surface area contributed by atoms with Gasteiger partial charge < -0.3 is 20.7 Å². The summed E-state index contributed by atoms with van der Waals surface area (Å²) in [5, 5.41) is 2.91. The third-order valence-electron chi connectivity index (χ3n) is 5.03. The minimum absolute atomic E-state index is 0.0118. The third kappa shape index (κ3) is 5.82. The van der Waals surface area contributed by atoms with Gasteiger partial charge in [0.25, 0.3) is 5.91 Å². The normalized spacial score (nSPS) is 14.4. The number of rotatable bonds is 7. The number of nitrogens with one attached hydrogen (secondary N) is 1. The summed E-state index contributed by atoms with van der Waals surface area (Å²) in [7, 11) is 1.72. The van der Waals surface area contributed by atoms with Crippen molar-refractivity contribution in [2.24, 2.45) is 11.7 Å². The van der Waals surface area contributed by atoms with Crippen molar-refractivity contribution in [2.75, 3.05) is 33.4 Å². The van der Waals surface area contributed by atoms with Gasteiger partial charge in [0.1, 0.15) is 0 Å². The van der Waals surface area contributed by atoms with E-state index in [-0.39, 0.29) is 24.2 Å². The van der Waals surface area contributed by atoms with Crippen molar-refractivity contribution in [3.05, 3.63) is 48.0 Å². The zero-order valence-electron chi connectivity index (χ0n) is 16.6. The van der Waals surface area contributed by atoms with Crippen LogP contribution in [0.1, 0.15) is 29.0 Å². The SMILES string of the molecule is CN(Cc1cccc(-c2cnc(C(=O)NCC3CCOCC3)nc2)c1)C(=O)CN. The van der Waals surface area contributed by atoms with Gasteiger partial charge in [-0.15, -0.1) is 0 Å². The number of aromatic nitrogens is 2. The summed E-state index contributed by atoms with van der Waals surface area (Å²) in [5.74, 6) is 0.220. The molecular weight excluding hydrogens is 370 g/mol. The molecule has 3 N–H and O–H groups in total. The molecule has 29 heavy (non-hydrogen) atoms. The Bertz CT molecular complexity index is 834. The summed E-state index contributed by atoms with van der Waals surface area (Å²) in [6.07, 6.45) is 5.21. The van der Waals surface area contributed by atoms with Crippen LogP contribution in [0.15, 0.2) is 36.7 Å². The molecule has 3 rings (SSSR count). The van der Waals surface area contributed by atoms with Gasteiger partial charge in [-0.1, -0.05) is 18.2 Å². The molecule has 1 aromatic carbocycles. The highest BCUT2D eigenvalue weighted by atomic mass is 16.5. The van der Waals surface area contributed by atoms with E-state index in [0.717, 1.165) is 42.7 Å². The van der Waals surface area contributed by atoms with Crippen molar-refractivity contribution in [3.63, 3.8) is 0 Å². The van der Waals surface area contributed by atoms with Crippen LogP contribution in [0.2, 0.25) is 0 Å². The van der Waals surface area contributed by atoms with Crippen LogP contribution in [0, 0.1) is 5.92 Å². The number of hydrogen-bond donors (Lipinski definition) is 2. The summed E-state index contributed by atoms with van der Waals surface area (Å²) in [4.78, 5) is 34.0. The van der Waals surface area contributed by atoms with Crippen LogP contribution in [0.5, 0.6) is 0 Å². The molecule has 2 aromatic rings. The molecule has 154 valence electrons. The minimum atomic E-state index is -0.265. The number of amides is 2. The first-order valence-electron chi connectivity index (χ1n) is 9.78. The van der Waals surface area contributed by atoms with Gasteiger partial charge >= 0.3 is 0 Å². The molecule has 0 saturated carbocycles. The molecule has 1 aliphatic heterocycles. The summed E-state index contributed by atoms with van der Waals surface area (Å²) in [5.41, 5.74) is 8.11. The lowest BCUT2D eigenvalue weighted by atomic mass is 10.0. The van der Waals surface area contributed by atoms with Crippen molar-refractivity contribution in [1.82, 2.24) is 20.2 Å². The maximum atomic E-state index is 12.3. The maximum absolute atomic E-state index is 12.3. The Kier molecular flexibility index (Phi) is 7.26. The lowest BCUT2D eigenvalue weighted by molar-refractivity contribution is -0.128. The second-order valence-corrected chi connectivity index (χ2v) is 7.22. The van der Waals surface area contributed by atoms with Crippen LogP contribution in [0.3, 0.4) is 0 Å². The number of nitrogens with zero attached hydrogens (tertiary/aromatic N) is 3. The Balaban J connectivity index is 1.61. The van der Waals surface area contributed by atoms with Crippen LogP contribution < -0.4 is 11.1 Å². The molecule has 0 bridgehead atoms. The zero-order chi connectivity index (χ0) is 20.6. The van der Waals surface area contributed by atoms with Gasteiger partial charge in [-0.3, -0.25) is 9.59 Å². The molecular formula is C21H27N5O3. The molecule has 2 heterocycles. The van der Waals surface area contributed by atoms with Gasteiger partial charge in [0.15, 0.2) is 0 Å². The third-order valence-corrected chi connectivity index (χ3v) is 5.03. The van der Waals surface area contributed by atoms with E-state index < -0.39 is 0 Å². The van der Waals surface area contributed by atoms with E-state index in [4.69, 9.17) is 10.5 Å². The fourth-order valence-corrected chi connectivity index (χ4v) is 3.23. The first-order chi connectivity index (χ1) is 14.1. The molecule has 1 aliphatic rings. The van der Waals surface area contributed by atoms with Crippen LogP contribution in [0.4, 0.5) is 0 Å². The molecule has 8 heteroatoms. The number of carbonyl (C=O) groups excluding carboxylic acids is 2. The summed E-state index contributed by atoms with van der Waals surface area (Å²) in [6, 6.07) is 7.78. The Labute approximate surface area is 170 Å². The maximum Gasteiger partial charge on any atom is 0.289 e. The summed E-state index contributed by atoms with van der Waals surface area (Å²) in [6.45, 7) is 2.58. The Morgan fingerprint density at radius 3 is 2.62 bits per heavy atom. The first kappa shape index (κ1) is 20.9. The van der Waals surface area contributed by atoms with Gasteiger partial charge in [-0.2, -0.15) is 0 Å². The van der Waals surface area contributed by atoms with Gasteiger partial charge in [0.05, 0.1) is 6.54 Å². The van der Waals surface area contributed by atoms with Crippen LogP contribution >= 0.6 is 0 Å². The molecule has 1 fully saturated rings. The predicted molar refractivity (Wildman–Crippen MR) is 109 cm³/mol. The van der Waals surface area contributed by atoms with E-state index >= 15 is 0 Å². The van der Waals surface area contributed by atoms with E-state index in [0.29, 0.717) is 19.0 Å². The Hall–Kier alpha value is -2.84. The summed E-state index contributed by atoms with van der Waals surface area (Å²) < 4.78 is 5.33. The number of carbonyl (C=O) groups is 2. The van der Waals surface area contributed by atoms with Crippen LogP contribution in [0.25, 0.3) is 11.1 Å². The molecule has 1 saturated heterocycles. The number of hydrogen-bond acceptors (Lipinski definition) is 6. The number of ether oxygens (including phenoxy) is 1. The fraction of sp³-hybridized carbons (Fsp3) is 0.429. The Morgan fingerprint density at radius 1 is 1.21 bits per heavy atom. The predicted octanol–water partition coefficient (Wildman–Crippen LogP) is 1.22. The number of nitrogens with two attached hydrogens (primary N) is 1. The lowest BCUT2D eigenvalue weighted by Gasteiger charge is -2.21. The molecule has 0 atom stereocenters. The first-order valence-corrected chi connectivity index (χ1v) is 9.78. The molecule has 0 radical (unpaired) electrons. The van der Waals surface area contributed by atoms with Gasteiger partial charge in [0, 0.05) is 51.3 Å². The van der Waals surface area contributed by atoms with Gasteiger partial charge in [0.2, 0.25) is 11.7 Å². The van der Waals surface area contributed by atoms with Crippen molar-refractivity contribution >= 4 is 11.8 Å². The van der Waals surface area contributed by atoms with E-state index in [1.807, 2.05) is 24.3 Å². The number of likely N-dealkylation sites (N-methyl/N-ethyl adjacent to an activating group) is 1. The lowest BCUT2D eigenvalue weighted by Crippen LogP contribution is -2.33. The topological polar surface area (TPSA) is 110 Å². The second kappa shape index (κ2) is 10.1. The van der Waals surface area contributed by atoms with Crippen molar-refractivity contribution in [3.8, 4) is 11.1 Å². The average molecular weight is 397 g/mol. The van der Waals surface area contributed by atoms with E-state index in [2.05, 4.69) is 15.3 Å². The zero-order valence-corrected chi connectivity index (χ0v) is 16.6. The van der Waals surface area contributed by atoms with Gasteiger partial charge in [-0.05, 0) is 36.0 Å². The highest BCUT2D eigenvalue weighted by molar-refractivity contribution is 5.90. The molecule has 1 aromatic heterocycles. The highest BCUT2D eigenvalue weighted by Crippen LogP contribution is 2.20. The quantitative estimate of drug-likeness (QED) is 0.727. The molecule has 0 spiro atoms. The molecule has 2 amide bonds. The van der Waals surface area contributed by atoms with E-state index in [1.165, 1.54) is 0 Å². The fourth-order valence-electron chi connectivity index (χ4n) is 3.23. The Morgan fingerprint density at radius 2 is 1.93 bits per heavy atom. The van der Waals surface area contributed by atoms with Crippen molar-refractivity contribution in [1.29, 1.82) is 0 Å². The monoisotopic (exact) mass is 397 g/mol. The standard InChI is InChI=1S/C21H27N5O3/c1-26(19(27)10-22)14-16-3-2-4-17(9-16)18-12-23-20(24-13-18)21(28)25-11-15-5-7-29-8-6-15/h2-4,9,12-13,15H,5-8,10-11,14,22H2,1H3,(H,25,28). The molecule has 0 aliphatic carbocycles. The summed E-state index contributed by atoms with van der Waals surface area (Å²) >= 11 is 0. The van der Waals surface area contributed by atoms with Gasteiger partial charge in [-0.25, -0.2) is 9.97 Å². The van der Waals surface area contributed by atoms with E-state index in [9.17, 15) is 9.59 Å². The smallest absolute Gasteiger partial charge is 0.289 e. The van der Waals surface area contributed by atoms with Crippen molar-refractivity contribution < 1.29 is 14.3 Å².